The monoisotopic (exact) mass is 205 g/mol. The van der Waals surface area contributed by atoms with E-state index in [1.54, 1.807) is 6.20 Å². The third kappa shape index (κ3) is 1.55. The van der Waals surface area contributed by atoms with Crippen LogP contribution >= 0.6 is 0 Å². The SMILES string of the molecule is Nc1cccnc1N1CC2CCC(C1)O2. The van der Waals surface area contributed by atoms with Gasteiger partial charge in [-0.15, -0.1) is 0 Å². The number of nitrogen functional groups attached to an aromatic ring is 1. The Balaban J connectivity index is 1.86. The topological polar surface area (TPSA) is 51.4 Å². The molecular weight excluding hydrogens is 190 g/mol. The highest BCUT2D eigenvalue weighted by atomic mass is 16.5. The first-order valence-electron chi connectivity index (χ1n) is 5.44. The zero-order valence-corrected chi connectivity index (χ0v) is 8.60. The third-order valence-corrected chi connectivity index (χ3v) is 3.16. The molecule has 0 amide bonds. The Morgan fingerprint density at radius 2 is 2.07 bits per heavy atom. The van der Waals surface area contributed by atoms with Crippen LogP contribution in [0.4, 0.5) is 11.5 Å². The summed E-state index contributed by atoms with van der Waals surface area (Å²) < 4.78 is 5.78. The second-order valence-electron chi connectivity index (χ2n) is 4.28. The Hall–Kier alpha value is -1.29. The van der Waals surface area contributed by atoms with Crippen LogP contribution in [0.25, 0.3) is 0 Å². The van der Waals surface area contributed by atoms with Gasteiger partial charge < -0.3 is 15.4 Å². The molecule has 0 aromatic carbocycles. The van der Waals surface area contributed by atoms with Crippen LogP contribution in [0.15, 0.2) is 18.3 Å². The Kier molecular flexibility index (Phi) is 2.02. The first kappa shape index (κ1) is 8.97. The molecule has 0 aliphatic carbocycles. The molecule has 0 spiro atoms. The van der Waals surface area contributed by atoms with Gasteiger partial charge in [0.15, 0.2) is 5.82 Å². The lowest BCUT2D eigenvalue weighted by Crippen LogP contribution is -2.43. The highest BCUT2D eigenvalue weighted by molar-refractivity contribution is 5.62. The largest absolute Gasteiger partial charge is 0.396 e. The third-order valence-electron chi connectivity index (χ3n) is 3.16. The zero-order chi connectivity index (χ0) is 10.3. The number of nitrogens with two attached hydrogens (primary N) is 1. The number of anilines is 2. The molecule has 2 bridgehead atoms. The van der Waals surface area contributed by atoms with E-state index in [-0.39, 0.29) is 0 Å². The molecule has 2 atom stereocenters. The fraction of sp³-hybridized carbons (Fsp3) is 0.545. The van der Waals surface area contributed by atoms with Gasteiger partial charge in [0.1, 0.15) is 0 Å². The molecule has 15 heavy (non-hydrogen) atoms. The first-order valence-corrected chi connectivity index (χ1v) is 5.44. The van der Waals surface area contributed by atoms with Crippen LogP contribution in [0.1, 0.15) is 12.8 Å². The minimum Gasteiger partial charge on any atom is -0.396 e. The highest BCUT2D eigenvalue weighted by Gasteiger charge is 2.34. The maximum atomic E-state index is 5.92. The van der Waals surface area contributed by atoms with Gasteiger partial charge in [0.25, 0.3) is 0 Å². The van der Waals surface area contributed by atoms with Gasteiger partial charge >= 0.3 is 0 Å². The molecule has 3 rings (SSSR count). The Labute approximate surface area is 89.0 Å². The van der Waals surface area contributed by atoms with Gasteiger partial charge in [0, 0.05) is 19.3 Å². The molecule has 1 aromatic heterocycles. The second-order valence-corrected chi connectivity index (χ2v) is 4.28. The van der Waals surface area contributed by atoms with Gasteiger partial charge in [-0.3, -0.25) is 0 Å². The quantitative estimate of drug-likeness (QED) is 0.744. The van der Waals surface area contributed by atoms with Gasteiger partial charge in [-0.05, 0) is 25.0 Å². The molecule has 2 unspecified atom stereocenters. The van der Waals surface area contributed by atoms with Crippen molar-refractivity contribution in [3.05, 3.63) is 18.3 Å². The molecule has 0 radical (unpaired) electrons. The summed E-state index contributed by atoms with van der Waals surface area (Å²) in [4.78, 5) is 6.60. The molecule has 80 valence electrons. The number of ether oxygens (including phenoxy) is 1. The van der Waals surface area contributed by atoms with E-state index in [4.69, 9.17) is 10.5 Å². The lowest BCUT2D eigenvalue weighted by molar-refractivity contribution is 0.0303. The Morgan fingerprint density at radius 3 is 2.73 bits per heavy atom. The average Bonchev–Trinajstić information content (AvgIpc) is 2.58. The van der Waals surface area contributed by atoms with Gasteiger partial charge in [0.2, 0.25) is 0 Å². The normalized spacial score (nSPS) is 29.5. The molecule has 0 saturated carbocycles. The lowest BCUT2D eigenvalue weighted by Gasteiger charge is -2.33. The van der Waals surface area contributed by atoms with E-state index in [0.717, 1.165) is 24.6 Å². The van der Waals surface area contributed by atoms with Gasteiger partial charge in [-0.25, -0.2) is 4.98 Å². The standard InChI is InChI=1S/C11H15N3O/c12-10-2-1-5-13-11(10)14-6-8-3-4-9(7-14)15-8/h1-2,5,8-9H,3-4,6-7,12H2. The summed E-state index contributed by atoms with van der Waals surface area (Å²) in [5.41, 5.74) is 6.68. The number of fused-ring (bicyclic) bond motifs is 2. The molecule has 2 saturated heterocycles. The van der Waals surface area contributed by atoms with Crippen LogP contribution < -0.4 is 10.6 Å². The van der Waals surface area contributed by atoms with Crippen molar-refractivity contribution in [2.45, 2.75) is 25.0 Å². The Morgan fingerprint density at radius 1 is 1.33 bits per heavy atom. The van der Waals surface area contributed by atoms with E-state index in [1.807, 2.05) is 12.1 Å². The maximum absolute atomic E-state index is 5.92. The summed E-state index contributed by atoms with van der Waals surface area (Å²) in [7, 11) is 0. The van der Waals surface area contributed by atoms with Crippen LogP contribution in [0.5, 0.6) is 0 Å². The van der Waals surface area contributed by atoms with Crippen molar-refractivity contribution in [1.29, 1.82) is 0 Å². The van der Waals surface area contributed by atoms with E-state index in [9.17, 15) is 0 Å². The highest BCUT2D eigenvalue weighted by Crippen LogP contribution is 2.30. The van der Waals surface area contributed by atoms with Gasteiger partial charge in [-0.2, -0.15) is 0 Å². The first-order chi connectivity index (χ1) is 7.33. The fourth-order valence-corrected chi connectivity index (χ4v) is 2.46. The molecule has 1 aromatic rings. The zero-order valence-electron chi connectivity index (χ0n) is 8.60. The molecule has 4 heteroatoms. The molecular formula is C11H15N3O. The molecule has 2 N–H and O–H groups in total. The van der Waals surface area contributed by atoms with Crippen molar-refractivity contribution >= 4 is 11.5 Å². The fourth-order valence-electron chi connectivity index (χ4n) is 2.46. The van der Waals surface area contributed by atoms with Crippen molar-refractivity contribution in [3.8, 4) is 0 Å². The predicted octanol–water partition coefficient (Wildman–Crippen LogP) is 1.03. The van der Waals surface area contributed by atoms with Crippen LogP contribution in [0, 0.1) is 0 Å². The van der Waals surface area contributed by atoms with E-state index in [2.05, 4.69) is 9.88 Å². The van der Waals surface area contributed by atoms with Crippen LogP contribution in [0.2, 0.25) is 0 Å². The summed E-state index contributed by atoms with van der Waals surface area (Å²) in [6.45, 7) is 1.86. The summed E-state index contributed by atoms with van der Waals surface area (Å²) in [6.07, 6.45) is 4.90. The lowest BCUT2D eigenvalue weighted by atomic mass is 10.2. The molecule has 4 nitrogen and oxygen atoms in total. The molecule has 2 aliphatic heterocycles. The molecule has 3 heterocycles. The number of aromatic nitrogens is 1. The van der Waals surface area contributed by atoms with E-state index in [0.29, 0.717) is 12.2 Å². The van der Waals surface area contributed by atoms with Crippen LogP contribution in [0.3, 0.4) is 0 Å². The minimum absolute atomic E-state index is 0.380. The van der Waals surface area contributed by atoms with Gasteiger partial charge in [-0.1, -0.05) is 0 Å². The van der Waals surface area contributed by atoms with Crippen molar-refractivity contribution in [2.75, 3.05) is 23.7 Å². The number of hydrogen-bond acceptors (Lipinski definition) is 4. The van der Waals surface area contributed by atoms with Gasteiger partial charge in [0.05, 0.1) is 17.9 Å². The van der Waals surface area contributed by atoms with Crippen molar-refractivity contribution in [2.24, 2.45) is 0 Å². The summed E-state index contributed by atoms with van der Waals surface area (Å²) in [5, 5.41) is 0. The number of morpholine rings is 1. The van der Waals surface area contributed by atoms with E-state index in [1.165, 1.54) is 12.8 Å². The van der Waals surface area contributed by atoms with Crippen molar-refractivity contribution in [1.82, 2.24) is 4.98 Å². The smallest absolute Gasteiger partial charge is 0.151 e. The summed E-state index contributed by atoms with van der Waals surface area (Å²) in [6, 6.07) is 3.77. The Bertz CT molecular complexity index is 357. The predicted molar refractivity (Wildman–Crippen MR) is 58.8 cm³/mol. The van der Waals surface area contributed by atoms with Crippen LogP contribution in [-0.4, -0.2) is 30.3 Å². The minimum atomic E-state index is 0.380. The van der Waals surface area contributed by atoms with Crippen molar-refractivity contribution in [3.63, 3.8) is 0 Å². The second kappa shape index (κ2) is 3.38. The number of hydrogen-bond donors (Lipinski definition) is 1. The van der Waals surface area contributed by atoms with Crippen LogP contribution in [-0.2, 0) is 4.74 Å². The molecule has 2 aliphatic rings. The van der Waals surface area contributed by atoms with E-state index >= 15 is 0 Å². The van der Waals surface area contributed by atoms with Crippen molar-refractivity contribution < 1.29 is 4.74 Å². The summed E-state index contributed by atoms with van der Waals surface area (Å²) in [5.74, 6) is 0.915. The molecule has 2 fully saturated rings. The van der Waals surface area contributed by atoms with E-state index < -0.39 is 0 Å². The number of nitrogens with zero attached hydrogens (tertiary/aromatic N) is 2. The summed E-state index contributed by atoms with van der Waals surface area (Å²) >= 11 is 0. The number of pyridine rings is 1. The average molecular weight is 205 g/mol. The maximum Gasteiger partial charge on any atom is 0.151 e. The number of rotatable bonds is 1.